The lowest BCUT2D eigenvalue weighted by molar-refractivity contribution is -0.385. The summed E-state index contributed by atoms with van der Waals surface area (Å²) < 4.78 is 0. The second kappa shape index (κ2) is 7.17. The number of likely N-dealkylation sites (N-methyl/N-ethyl adjacent to an activating group) is 1. The van der Waals surface area contributed by atoms with Gasteiger partial charge in [-0.3, -0.25) is 14.9 Å². The number of hydrogen-bond acceptors (Lipinski definition) is 3. The van der Waals surface area contributed by atoms with Gasteiger partial charge in [0.25, 0.3) is 11.6 Å². The Labute approximate surface area is 128 Å². The van der Waals surface area contributed by atoms with Crippen LogP contribution < -0.4 is 4.90 Å². The Hall–Kier alpha value is -2.95. The number of rotatable bonds is 5. The standard InChI is InChI=1S/C17H16N2O3/c1-2-18(15-9-4-3-5-10-15)17(20)13-12-14-8-6-7-11-16(14)19(21)22/h3-13H,2H2,1H3. The predicted octanol–water partition coefficient (Wildman–Crippen LogP) is 3.66. The van der Waals surface area contributed by atoms with Gasteiger partial charge in [0.2, 0.25) is 0 Å². The fourth-order valence-corrected chi connectivity index (χ4v) is 2.12. The van der Waals surface area contributed by atoms with Crippen molar-refractivity contribution >= 4 is 23.4 Å². The maximum absolute atomic E-state index is 12.3. The van der Waals surface area contributed by atoms with E-state index < -0.39 is 4.92 Å². The van der Waals surface area contributed by atoms with Crippen LogP contribution in [0.25, 0.3) is 6.08 Å². The molecule has 0 bridgehead atoms. The van der Waals surface area contributed by atoms with Crippen LogP contribution in [0, 0.1) is 10.1 Å². The minimum absolute atomic E-state index is 0.0192. The van der Waals surface area contributed by atoms with Gasteiger partial charge in [0, 0.05) is 24.4 Å². The Kier molecular flexibility index (Phi) is 5.03. The number of nitro groups is 1. The minimum Gasteiger partial charge on any atom is -0.309 e. The third-order valence-electron chi connectivity index (χ3n) is 3.19. The van der Waals surface area contributed by atoms with Gasteiger partial charge in [0.1, 0.15) is 0 Å². The molecule has 2 rings (SSSR count). The fraction of sp³-hybridized carbons (Fsp3) is 0.118. The monoisotopic (exact) mass is 296 g/mol. The highest BCUT2D eigenvalue weighted by atomic mass is 16.6. The first kappa shape index (κ1) is 15.4. The quantitative estimate of drug-likeness (QED) is 0.480. The van der Waals surface area contributed by atoms with Gasteiger partial charge in [0.05, 0.1) is 10.5 Å². The molecule has 5 heteroatoms. The maximum Gasteiger partial charge on any atom is 0.276 e. The van der Waals surface area contributed by atoms with Crippen LogP contribution in [0.1, 0.15) is 12.5 Å². The van der Waals surface area contributed by atoms with Crippen molar-refractivity contribution in [3.63, 3.8) is 0 Å². The molecular formula is C17H16N2O3. The molecule has 0 aliphatic rings. The molecule has 0 heterocycles. The van der Waals surface area contributed by atoms with Crippen LogP contribution in [0.5, 0.6) is 0 Å². The Morgan fingerprint density at radius 2 is 1.77 bits per heavy atom. The van der Waals surface area contributed by atoms with Crippen LogP contribution in [0.4, 0.5) is 11.4 Å². The lowest BCUT2D eigenvalue weighted by Crippen LogP contribution is -2.28. The first-order valence-corrected chi connectivity index (χ1v) is 6.91. The molecule has 0 spiro atoms. The van der Waals surface area contributed by atoms with Gasteiger partial charge in [-0.2, -0.15) is 0 Å². The Morgan fingerprint density at radius 3 is 2.41 bits per heavy atom. The van der Waals surface area contributed by atoms with E-state index in [1.807, 2.05) is 37.3 Å². The first-order valence-electron chi connectivity index (χ1n) is 6.91. The average molecular weight is 296 g/mol. The summed E-state index contributed by atoms with van der Waals surface area (Å²) in [5, 5.41) is 11.0. The molecule has 0 saturated carbocycles. The molecule has 2 aromatic rings. The normalized spacial score (nSPS) is 10.6. The molecule has 0 aromatic heterocycles. The number of carbonyl (C=O) groups excluding carboxylic acids is 1. The highest BCUT2D eigenvalue weighted by Crippen LogP contribution is 2.20. The topological polar surface area (TPSA) is 63.5 Å². The second-order valence-corrected chi connectivity index (χ2v) is 4.57. The summed E-state index contributed by atoms with van der Waals surface area (Å²) >= 11 is 0. The number of benzene rings is 2. The number of amides is 1. The van der Waals surface area contributed by atoms with Crippen molar-refractivity contribution in [2.75, 3.05) is 11.4 Å². The fourth-order valence-electron chi connectivity index (χ4n) is 2.12. The van der Waals surface area contributed by atoms with Crippen molar-refractivity contribution in [2.24, 2.45) is 0 Å². The van der Waals surface area contributed by atoms with Crippen molar-refractivity contribution in [1.29, 1.82) is 0 Å². The molecule has 22 heavy (non-hydrogen) atoms. The molecule has 0 aliphatic carbocycles. The number of nitro benzene ring substituents is 1. The van der Waals surface area contributed by atoms with Gasteiger partial charge in [-0.1, -0.05) is 30.3 Å². The third kappa shape index (κ3) is 3.58. The van der Waals surface area contributed by atoms with E-state index in [1.54, 1.807) is 23.1 Å². The summed E-state index contributed by atoms with van der Waals surface area (Å²) in [6.45, 7) is 2.40. The SMILES string of the molecule is CCN(C(=O)C=Cc1ccccc1[N+](=O)[O-])c1ccccc1. The van der Waals surface area contributed by atoms with Crippen molar-refractivity contribution < 1.29 is 9.72 Å². The van der Waals surface area contributed by atoms with E-state index in [0.29, 0.717) is 12.1 Å². The van der Waals surface area contributed by atoms with Gasteiger partial charge in [-0.15, -0.1) is 0 Å². The van der Waals surface area contributed by atoms with E-state index in [1.165, 1.54) is 18.2 Å². The van der Waals surface area contributed by atoms with Crippen LogP contribution in [0.3, 0.4) is 0 Å². The number of para-hydroxylation sites is 2. The minimum atomic E-state index is -0.459. The third-order valence-corrected chi connectivity index (χ3v) is 3.19. The highest BCUT2D eigenvalue weighted by molar-refractivity contribution is 6.04. The van der Waals surface area contributed by atoms with E-state index >= 15 is 0 Å². The second-order valence-electron chi connectivity index (χ2n) is 4.57. The molecule has 2 aromatic carbocycles. The van der Waals surface area contributed by atoms with E-state index in [9.17, 15) is 14.9 Å². The molecule has 5 nitrogen and oxygen atoms in total. The van der Waals surface area contributed by atoms with E-state index in [0.717, 1.165) is 5.69 Å². The lowest BCUT2D eigenvalue weighted by atomic mass is 10.1. The zero-order valence-electron chi connectivity index (χ0n) is 12.2. The van der Waals surface area contributed by atoms with E-state index in [4.69, 9.17) is 0 Å². The summed E-state index contributed by atoms with van der Waals surface area (Å²) in [6.07, 6.45) is 2.84. The van der Waals surface area contributed by atoms with Gasteiger partial charge < -0.3 is 4.90 Å². The van der Waals surface area contributed by atoms with Gasteiger partial charge in [-0.05, 0) is 31.2 Å². The number of carbonyl (C=O) groups is 1. The summed E-state index contributed by atoms with van der Waals surface area (Å²) in [5.74, 6) is -0.216. The van der Waals surface area contributed by atoms with Crippen LogP contribution >= 0.6 is 0 Å². The number of hydrogen-bond donors (Lipinski definition) is 0. The molecule has 0 fully saturated rings. The van der Waals surface area contributed by atoms with Crippen molar-refractivity contribution in [1.82, 2.24) is 0 Å². The summed E-state index contributed by atoms with van der Waals surface area (Å²) in [5.41, 5.74) is 1.18. The van der Waals surface area contributed by atoms with Crippen LogP contribution in [-0.4, -0.2) is 17.4 Å². The average Bonchev–Trinajstić information content (AvgIpc) is 2.55. The predicted molar refractivity (Wildman–Crippen MR) is 86.6 cm³/mol. The molecule has 0 saturated heterocycles. The van der Waals surface area contributed by atoms with Gasteiger partial charge in [-0.25, -0.2) is 0 Å². The zero-order valence-corrected chi connectivity index (χ0v) is 12.2. The Bertz CT molecular complexity index is 696. The van der Waals surface area contributed by atoms with Crippen LogP contribution in [0.2, 0.25) is 0 Å². The molecule has 0 unspecified atom stereocenters. The van der Waals surface area contributed by atoms with E-state index in [2.05, 4.69) is 0 Å². The van der Waals surface area contributed by atoms with Crippen molar-refractivity contribution in [3.8, 4) is 0 Å². The van der Waals surface area contributed by atoms with Crippen LogP contribution in [-0.2, 0) is 4.79 Å². The summed E-state index contributed by atoms with van der Waals surface area (Å²) in [6, 6.07) is 15.6. The first-order chi connectivity index (χ1) is 10.6. The summed E-state index contributed by atoms with van der Waals surface area (Å²) in [4.78, 5) is 24.4. The molecular weight excluding hydrogens is 280 g/mol. The lowest BCUT2D eigenvalue weighted by Gasteiger charge is -2.19. The molecule has 0 radical (unpaired) electrons. The number of nitrogens with zero attached hydrogens (tertiary/aromatic N) is 2. The largest absolute Gasteiger partial charge is 0.309 e. The smallest absolute Gasteiger partial charge is 0.276 e. The summed E-state index contributed by atoms with van der Waals surface area (Å²) in [7, 11) is 0. The van der Waals surface area contributed by atoms with Gasteiger partial charge >= 0.3 is 0 Å². The van der Waals surface area contributed by atoms with Crippen molar-refractivity contribution in [2.45, 2.75) is 6.92 Å². The number of anilines is 1. The molecule has 0 aliphatic heterocycles. The Balaban J connectivity index is 2.22. The van der Waals surface area contributed by atoms with Crippen molar-refractivity contribution in [3.05, 3.63) is 76.4 Å². The van der Waals surface area contributed by atoms with Crippen LogP contribution in [0.15, 0.2) is 60.7 Å². The molecule has 1 amide bonds. The molecule has 0 atom stereocenters. The highest BCUT2D eigenvalue weighted by Gasteiger charge is 2.13. The molecule has 112 valence electrons. The zero-order chi connectivity index (χ0) is 15.9. The van der Waals surface area contributed by atoms with E-state index in [-0.39, 0.29) is 11.6 Å². The Morgan fingerprint density at radius 1 is 1.14 bits per heavy atom. The maximum atomic E-state index is 12.3. The molecule has 0 N–H and O–H groups in total. The van der Waals surface area contributed by atoms with Gasteiger partial charge in [0.15, 0.2) is 0 Å².